The molecule has 1 aromatic rings. The smallest absolute Gasteiger partial charge is 0.414 e. The van der Waals surface area contributed by atoms with Crippen molar-refractivity contribution in [3.8, 4) is 0 Å². The molecule has 3 aliphatic rings. The zero-order valence-corrected chi connectivity index (χ0v) is 17.0. The summed E-state index contributed by atoms with van der Waals surface area (Å²) in [5.41, 5.74) is 0.900. The van der Waals surface area contributed by atoms with Crippen molar-refractivity contribution < 1.29 is 18.7 Å². The highest BCUT2D eigenvalue weighted by atomic mass is 32.1. The fraction of sp³-hybridized carbons (Fsp3) is 0.526. The van der Waals surface area contributed by atoms with E-state index in [1.54, 1.807) is 23.4 Å². The number of hydrazone groups is 1. The number of anilines is 2. The fourth-order valence-electron chi connectivity index (χ4n) is 3.40. The van der Waals surface area contributed by atoms with Gasteiger partial charge in [-0.15, -0.1) is 0 Å². The molecule has 1 amide bonds. The van der Waals surface area contributed by atoms with Crippen LogP contribution in [-0.2, 0) is 9.47 Å². The molecule has 2 heterocycles. The first-order valence-electron chi connectivity index (χ1n) is 9.68. The summed E-state index contributed by atoms with van der Waals surface area (Å²) in [5.74, 6) is 0.360. The van der Waals surface area contributed by atoms with Crippen LogP contribution in [0.5, 0.6) is 0 Å². The molecular weight excluding hydrogens is 397 g/mol. The van der Waals surface area contributed by atoms with E-state index in [0.717, 1.165) is 19.0 Å². The third-order valence-electron chi connectivity index (χ3n) is 5.21. The van der Waals surface area contributed by atoms with Crippen LogP contribution in [0.15, 0.2) is 23.3 Å². The highest BCUT2D eigenvalue weighted by Gasteiger charge is 2.33. The normalized spacial score (nSPS) is 21.4. The van der Waals surface area contributed by atoms with Gasteiger partial charge >= 0.3 is 6.09 Å². The number of methoxy groups -OCH3 is 1. The van der Waals surface area contributed by atoms with Crippen molar-refractivity contribution in [2.75, 3.05) is 49.6 Å². The van der Waals surface area contributed by atoms with E-state index < -0.39 is 18.0 Å². The molecule has 0 unspecified atom stereocenters. The molecule has 0 aromatic heterocycles. The minimum atomic E-state index is -0.512. The second-order valence-electron chi connectivity index (χ2n) is 7.40. The van der Waals surface area contributed by atoms with E-state index in [4.69, 9.17) is 21.7 Å². The summed E-state index contributed by atoms with van der Waals surface area (Å²) in [6, 6.07) is 4.75. The number of nitrogens with one attached hydrogen (secondary N) is 1. The standard InChI is InChI=1S/C19H24FN5O3S/c1-27-18(29)21-9-15-11-25(19(26)28-15)14-4-5-17(16(20)8-14)23-6-7-24(22-12-23)10-13-2-3-13/h4-5,8,12-13,15H,2-3,6-7,9-11H2,1H3,(H,21,29)/t15-/m0/s1. The molecule has 156 valence electrons. The van der Waals surface area contributed by atoms with Gasteiger partial charge in [-0.25, -0.2) is 9.18 Å². The van der Waals surface area contributed by atoms with Crippen molar-refractivity contribution in [1.29, 1.82) is 0 Å². The molecule has 2 aliphatic heterocycles. The summed E-state index contributed by atoms with van der Waals surface area (Å²) in [4.78, 5) is 15.4. The largest absolute Gasteiger partial charge is 0.474 e. The van der Waals surface area contributed by atoms with Crippen LogP contribution in [0.2, 0.25) is 0 Å². The monoisotopic (exact) mass is 421 g/mol. The molecule has 10 heteroatoms. The van der Waals surface area contributed by atoms with E-state index in [1.165, 1.54) is 30.9 Å². The van der Waals surface area contributed by atoms with Gasteiger partial charge in [0.25, 0.3) is 5.17 Å². The fourth-order valence-corrected chi connectivity index (χ4v) is 3.48. The maximum Gasteiger partial charge on any atom is 0.414 e. The lowest BCUT2D eigenvalue weighted by atomic mass is 10.2. The summed E-state index contributed by atoms with van der Waals surface area (Å²) in [5, 5.41) is 9.56. The molecule has 0 spiro atoms. The molecule has 4 rings (SSSR count). The summed E-state index contributed by atoms with van der Waals surface area (Å²) in [6.45, 7) is 3.05. The third-order valence-corrected chi connectivity index (χ3v) is 5.52. The number of thiocarbonyl (C=S) groups is 1. The van der Waals surface area contributed by atoms with Crippen LogP contribution in [0.1, 0.15) is 12.8 Å². The summed E-state index contributed by atoms with van der Waals surface area (Å²) in [7, 11) is 1.46. The summed E-state index contributed by atoms with van der Waals surface area (Å²) >= 11 is 4.91. The van der Waals surface area contributed by atoms with Gasteiger partial charge in [0.05, 0.1) is 38.1 Å². The van der Waals surface area contributed by atoms with Gasteiger partial charge in [0.2, 0.25) is 0 Å². The van der Waals surface area contributed by atoms with Crippen LogP contribution in [0, 0.1) is 11.7 Å². The topological polar surface area (TPSA) is 69.6 Å². The number of nitrogens with zero attached hydrogens (tertiary/aromatic N) is 4. The Bertz CT molecular complexity index is 819. The molecule has 1 N–H and O–H groups in total. The third kappa shape index (κ3) is 4.69. The van der Waals surface area contributed by atoms with Crippen molar-refractivity contribution in [3.63, 3.8) is 0 Å². The van der Waals surface area contributed by atoms with Crippen LogP contribution in [0.25, 0.3) is 0 Å². The lowest BCUT2D eigenvalue weighted by Gasteiger charge is -2.30. The summed E-state index contributed by atoms with van der Waals surface area (Å²) < 4.78 is 25.0. The number of cyclic esters (lactones) is 1. The minimum Gasteiger partial charge on any atom is -0.474 e. The van der Waals surface area contributed by atoms with Crippen LogP contribution >= 0.6 is 12.2 Å². The van der Waals surface area contributed by atoms with Gasteiger partial charge in [0.15, 0.2) is 0 Å². The van der Waals surface area contributed by atoms with E-state index >= 15 is 0 Å². The molecule has 2 fully saturated rings. The number of amides is 1. The van der Waals surface area contributed by atoms with Crippen molar-refractivity contribution in [3.05, 3.63) is 24.0 Å². The van der Waals surface area contributed by atoms with E-state index in [0.29, 0.717) is 31.0 Å². The SMILES string of the molecule is COC(=S)NC[C@H]1CN(c2ccc(N3C=NN(CC4CC4)CC3)c(F)c2)C(=O)O1. The van der Waals surface area contributed by atoms with Crippen molar-refractivity contribution in [1.82, 2.24) is 10.3 Å². The first-order valence-corrected chi connectivity index (χ1v) is 10.1. The number of carbonyl (C=O) groups excluding carboxylic acids is 1. The molecule has 1 saturated heterocycles. The number of halogens is 1. The molecule has 0 radical (unpaired) electrons. The predicted molar refractivity (Wildman–Crippen MR) is 112 cm³/mol. The molecule has 8 nitrogen and oxygen atoms in total. The zero-order valence-electron chi connectivity index (χ0n) is 16.2. The summed E-state index contributed by atoms with van der Waals surface area (Å²) in [6.07, 6.45) is 3.32. The number of ether oxygens (including phenoxy) is 2. The van der Waals surface area contributed by atoms with Crippen molar-refractivity contribution in [2.24, 2.45) is 11.0 Å². The Morgan fingerprint density at radius 2 is 2.24 bits per heavy atom. The first-order chi connectivity index (χ1) is 14.0. The maximum atomic E-state index is 14.8. The highest BCUT2D eigenvalue weighted by molar-refractivity contribution is 7.80. The van der Waals surface area contributed by atoms with Gasteiger partial charge in [-0.05, 0) is 49.2 Å². The lowest BCUT2D eigenvalue weighted by Crippen LogP contribution is -2.39. The molecular formula is C19H24FN5O3S. The van der Waals surface area contributed by atoms with Gasteiger partial charge in [0.1, 0.15) is 18.3 Å². The number of hydrogen-bond acceptors (Lipinski definition) is 7. The van der Waals surface area contributed by atoms with Gasteiger partial charge in [0, 0.05) is 13.1 Å². The molecule has 0 bridgehead atoms. The van der Waals surface area contributed by atoms with E-state index in [-0.39, 0.29) is 5.17 Å². The number of carbonyl (C=O) groups is 1. The van der Waals surface area contributed by atoms with Crippen LogP contribution < -0.4 is 15.1 Å². The Hall–Kier alpha value is -2.62. The second kappa shape index (κ2) is 8.40. The van der Waals surface area contributed by atoms with Crippen molar-refractivity contribution in [2.45, 2.75) is 18.9 Å². The van der Waals surface area contributed by atoms with Gasteiger partial charge < -0.3 is 19.7 Å². The predicted octanol–water partition coefficient (Wildman–Crippen LogP) is 2.15. The maximum absolute atomic E-state index is 14.8. The second-order valence-corrected chi connectivity index (χ2v) is 7.78. The highest BCUT2D eigenvalue weighted by Crippen LogP contribution is 2.31. The first kappa shape index (κ1) is 19.7. The Morgan fingerprint density at radius 3 is 2.90 bits per heavy atom. The molecule has 1 saturated carbocycles. The Labute approximate surface area is 174 Å². The minimum absolute atomic E-state index is 0.230. The Balaban J connectivity index is 1.38. The molecule has 1 aromatic carbocycles. The molecule has 1 atom stereocenters. The van der Waals surface area contributed by atoms with Gasteiger partial charge in [-0.2, -0.15) is 5.10 Å². The Kier molecular flexibility index (Phi) is 5.70. The van der Waals surface area contributed by atoms with Crippen LogP contribution in [-0.4, -0.2) is 68.6 Å². The van der Waals surface area contributed by atoms with E-state index in [2.05, 4.69) is 10.4 Å². The van der Waals surface area contributed by atoms with Gasteiger partial charge in [-0.1, -0.05) is 0 Å². The van der Waals surface area contributed by atoms with Crippen LogP contribution in [0.3, 0.4) is 0 Å². The van der Waals surface area contributed by atoms with Crippen LogP contribution in [0.4, 0.5) is 20.6 Å². The van der Waals surface area contributed by atoms with Crippen molar-refractivity contribution >= 4 is 41.2 Å². The number of rotatable bonds is 6. The number of benzene rings is 1. The number of hydrogen-bond donors (Lipinski definition) is 1. The van der Waals surface area contributed by atoms with Gasteiger partial charge in [-0.3, -0.25) is 9.91 Å². The van der Waals surface area contributed by atoms with E-state index in [1.807, 2.05) is 5.01 Å². The lowest BCUT2D eigenvalue weighted by molar-refractivity contribution is 0.142. The zero-order chi connectivity index (χ0) is 20.4. The Morgan fingerprint density at radius 1 is 1.41 bits per heavy atom. The average molecular weight is 421 g/mol. The van der Waals surface area contributed by atoms with E-state index in [9.17, 15) is 9.18 Å². The molecule has 1 aliphatic carbocycles. The molecule has 29 heavy (non-hydrogen) atoms. The quantitative estimate of drug-likeness (QED) is 0.706. The average Bonchev–Trinajstić information content (AvgIpc) is 3.46.